The lowest BCUT2D eigenvalue weighted by Gasteiger charge is -2.08. The van der Waals surface area contributed by atoms with Gasteiger partial charge in [-0.05, 0) is 18.2 Å². The van der Waals surface area contributed by atoms with E-state index in [9.17, 15) is 10.1 Å². The quantitative estimate of drug-likeness (QED) is 0.366. The van der Waals surface area contributed by atoms with Crippen molar-refractivity contribution >= 4 is 28.8 Å². The van der Waals surface area contributed by atoms with Crippen LogP contribution in [-0.2, 0) is 0 Å². The van der Waals surface area contributed by atoms with E-state index in [-0.39, 0.29) is 12.3 Å². The van der Waals surface area contributed by atoms with E-state index in [2.05, 4.69) is 10.6 Å². The molecule has 0 radical (unpaired) electrons. The number of nitrogens with one attached hydrogen (secondary N) is 2. The number of benzene rings is 1. The summed E-state index contributed by atoms with van der Waals surface area (Å²) >= 11 is 1.75. The summed E-state index contributed by atoms with van der Waals surface area (Å²) in [5.74, 6) is 1.83. The SMILES string of the molecule is CNc1cc(NCCSCCCO)cc([N+](=O)[O-])c1. The largest absolute Gasteiger partial charge is 0.396 e. The number of hydrogen-bond acceptors (Lipinski definition) is 6. The number of aliphatic hydroxyl groups is 1. The highest BCUT2D eigenvalue weighted by molar-refractivity contribution is 7.99. The molecule has 0 aromatic heterocycles. The predicted molar refractivity (Wildman–Crippen MR) is 80.2 cm³/mol. The number of thioether (sulfide) groups is 1. The maximum atomic E-state index is 10.8. The van der Waals surface area contributed by atoms with Gasteiger partial charge in [-0.25, -0.2) is 0 Å². The lowest BCUT2D eigenvalue weighted by Crippen LogP contribution is -2.05. The summed E-state index contributed by atoms with van der Waals surface area (Å²) in [4.78, 5) is 10.4. The number of rotatable bonds is 9. The van der Waals surface area contributed by atoms with Gasteiger partial charge < -0.3 is 15.7 Å². The Bertz CT molecular complexity index is 415. The van der Waals surface area contributed by atoms with Crippen molar-refractivity contribution in [2.75, 3.05) is 42.3 Å². The smallest absolute Gasteiger partial charge is 0.273 e. The van der Waals surface area contributed by atoms with Crippen molar-refractivity contribution in [2.45, 2.75) is 6.42 Å². The molecule has 0 amide bonds. The van der Waals surface area contributed by atoms with Crippen molar-refractivity contribution in [1.82, 2.24) is 0 Å². The number of nitro groups is 1. The maximum Gasteiger partial charge on any atom is 0.273 e. The molecule has 7 heteroatoms. The van der Waals surface area contributed by atoms with E-state index in [4.69, 9.17) is 5.11 Å². The Labute approximate surface area is 116 Å². The second-order valence-electron chi connectivity index (χ2n) is 3.89. The molecule has 0 unspecified atom stereocenters. The van der Waals surface area contributed by atoms with Crippen LogP contribution in [0.5, 0.6) is 0 Å². The zero-order valence-corrected chi connectivity index (χ0v) is 11.7. The normalized spacial score (nSPS) is 10.2. The van der Waals surface area contributed by atoms with Gasteiger partial charge in [-0.2, -0.15) is 11.8 Å². The van der Waals surface area contributed by atoms with Crippen molar-refractivity contribution < 1.29 is 10.0 Å². The molecular formula is C12H19N3O3S. The average molecular weight is 285 g/mol. The van der Waals surface area contributed by atoms with Gasteiger partial charge in [0.2, 0.25) is 0 Å². The van der Waals surface area contributed by atoms with Crippen LogP contribution in [0.3, 0.4) is 0 Å². The van der Waals surface area contributed by atoms with Crippen molar-refractivity contribution in [3.8, 4) is 0 Å². The topological polar surface area (TPSA) is 87.4 Å². The van der Waals surface area contributed by atoms with Gasteiger partial charge in [0.15, 0.2) is 0 Å². The molecule has 0 aliphatic rings. The lowest BCUT2D eigenvalue weighted by atomic mass is 10.2. The fourth-order valence-electron chi connectivity index (χ4n) is 1.50. The zero-order chi connectivity index (χ0) is 14.1. The highest BCUT2D eigenvalue weighted by Gasteiger charge is 2.08. The number of anilines is 2. The third-order valence-electron chi connectivity index (χ3n) is 2.44. The Morgan fingerprint density at radius 2 is 2.05 bits per heavy atom. The Balaban J connectivity index is 2.48. The number of non-ortho nitro benzene ring substituents is 1. The van der Waals surface area contributed by atoms with Gasteiger partial charge >= 0.3 is 0 Å². The number of aliphatic hydroxyl groups excluding tert-OH is 1. The van der Waals surface area contributed by atoms with Crippen molar-refractivity contribution in [1.29, 1.82) is 0 Å². The minimum absolute atomic E-state index is 0.0716. The molecule has 0 saturated heterocycles. The Morgan fingerprint density at radius 1 is 1.32 bits per heavy atom. The molecule has 0 heterocycles. The van der Waals surface area contributed by atoms with Gasteiger partial charge in [0.1, 0.15) is 0 Å². The summed E-state index contributed by atoms with van der Waals surface area (Å²) in [6.07, 6.45) is 0.797. The molecule has 19 heavy (non-hydrogen) atoms. The van der Waals surface area contributed by atoms with E-state index in [1.165, 1.54) is 12.1 Å². The first-order chi connectivity index (χ1) is 9.17. The minimum Gasteiger partial charge on any atom is -0.396 e. The molecule has 106 valence electrons. The predicted octanol–water partition coefficient (Wildman–Crippen LogP) is 2.16. The standard InChI is InChI=1S/C12H19N3O3S/c1-13-10-7-11(9-12(8-10)15(17)18)14-3-6-19-5-2-4-16/h7-9,13-14,16H,2-6H2,1H3. The Kier molecular flexibility index (Phi) is 7.06. The second kappa shape index (κ2) is 8.60. The Hall–Kier alpha value is -1.47. The van der Waals surface area contributed by atoms with Crippen molar-refractivity contribution in [3.05, 3.63) is 28.3 Å². The first kappa shape index (κ1) is 15.6. The summed E-state index contributed by atoms with van der Waals surface area (Å²) < 4.78 is 0. The van der Waals surface area contributed by atoms with Crippen LogP contribution in [0.15, 0.2) is 18.2 Å². The monoisotopic (exact) mass is 285 g/mol. The summed E-state index contributed by atoms with van der Waals surface area (Å²) in [7, 11) is 1.73. The molecule has 3 N–H and O–H groups in total. The van der Waals surface area contributed by atoms with Crippen LogP contribution in [-0.4, -0.2) is 41.7 Å². The van der Waals surface area contributed by atoms with Crippen molar-refractivity contribution in [3.63, 3.8) is 0 Å². The molecule has 0 spiro atoms. The van der Waals surface area contributed by atoms with Crippen LogP contribution >= 0.6 is 11.8 Å². The highest BCUT2D eigenvalue weighted by Crippen LogP contribution is 2.23. The first-order valence-corrected chi connectivity index (χ1v) is 7.22. The van der Waals surface area contributed by atoms with Gasteiger partial charge in [0, 0.05) is 49.5 Å². The maximum absolute atomic E-state index is 10.8. The molecule has 0 bridgehead atoms. The van der Waals surface area contributed by atoms with E-state index < -0.39 is 4.92 Å². The van der Waals surface area contributed by atoms with Gasteiger partial charge in [-0.1, -0.05) is 0 Å². The molecule has 0 aliphatic heterocycles. The van der Waals surface area contributed by atoms with Crippen LogP contribution in [0.1, 0.15) is 6.42 Å². The number of nitrogens with zero attached hydrogens (tertiary/aromatic N) is 1. The fourth-order valence-corrected chi connectivity index (χ4v) is 2.28. The van der Waals surface area contributed by atoms with Crippen LogP contribution < -0.4 is 10.6 Å². The van der Waals surface area contributed by atoms with Crippen LogP contribution in [0.25, 0.3) is 0 Å². The summed E-state index contributed by atoms with van der Waals surface area (Å²) in [6.45, 7) is 0.956. The highest BCUT2D eigenvalue weighted by atomic mass is 32.2. The summed E-state index contributed by atoms with van der Waals surface area (Å²) in [6, 6.07) is 4.87. The number of hydrogen-bond donors (Lipinski definition) is 3. The molecule has 0 saturated carbocycles. The number of nitro benzene ring substituents is 1. The molecule has 0 atom stereocenters. The van der Waals surface area contributed by atoms with Crippen LogP contribution in [0, 0.1) is 10.1 Å². The summed E-state index contributed by atoms with van der Waals surface area (Å²) in [5.41, 5.74) is 1.52. The van der Waals surface area contributed by atoms with E-state index in [1.807, 2.05) is 6.07 Å². The molecule has 1 aromatic carbocycles. The minimum atomic E-state index is -0.401. The van der Waals surface area contributed by atoms with Crippen LogP contribution in [0.4, 0.5) is 17.1 Å². The van der Waals surface area contributed by atoms with E-state index >= 15 is 0 Å². The molecule has 6 nitrogen and oxygen atoms in total. The van der Waals surface area contributed by atoms with Gasteiger partial charge in [0.25, 0.3) is 5.69 Å². The van der Waals surface area contributed by atoms with E-state index in [0.717, 1.165) is 30.2 Å². The first-order valence-electron chi connectivity index (χ1n) is 6.07. The third kappa shape index (κ3) is 5.80. The van der Waals surface area contributed by atoms with Crippen LogP contribution in [0.2, 0.25) is 0 Å². The van der Waals surface area contributed by atoms with E-state index in [1.54, 1.807) is 18.8 Å². The van der Waals surface area contributed by atoms with Gasteiger partial charge in [0.05, 0.1) is 4.92 Å². The molecule has 1 rings (SSSR count). The molecule has 0 aliphatic carbocycles. The molecule has 1 aromatic rings. The lowest BCUT2D eigenvalue weighted by molar-refractivity contribution is -0.384. The molecule has 0 fully saturated rings. The summed E-state index contributed by atoms with van der Waals surface area (Å²) in [5, 5.41) is 25.5. The second-order valence-corrected chi connectivity index (χ2v) is 5.12. The molecular weight excluding hydrogens is 266 g/mol. The third-order valence-corrected chi connectivity index (χ3v) is 3.51. The zero-order valence-electron chi connectivity index (χ0n) is 10.9. The van der Waals surface area contributed by atoms with Gasteiger partial charge in [-0.3, -0.25) is 10.1 Å². The van der Waals surface area contributed by atoms with E-state index in [0.29, 0.717) is 5.69 Å². The fraction of sp³-hybridized carbons (Fsp3) is 0.500. The van der Waals surface area contributed by atoms with Gasteiger partial charge in [-0.15, -0.1) is 0 Å². The Morgan fingerprint density at radius 3 is 2.68 bits per heavy atom. The average Bonchev–Trinajstić information content (AvgIpc) is 2.42. The van der Waals surface area contributed by atoms with Crippen molar-refractivity contribution in [2.24, 2.45) is 0 Å².